The van der Waals surface area contributed by atoms with Gasteiger partial charge in [-0.1, -0.05) is 23.7 Å². The lowest BCUT2D eigenvalue weighted by atomic mass is 10.0. The van der Waals surface area contributed by atoms with Crippen LogP contribution in [-0.2, 0) is 6.18 Å². The smallest absolute Gasteiger partial charge is 0.256 e. The maximum absolute atomic E-state index is 13.5. The molecule has 2 rings (SSSR count). The van der Waals surface area contributed by atoms with Crippen LogP contribution in [0.5, 0.6) is 0 Å². The average molecular weight is 290 g/mol. The lowest BCUT2D eigenvalue weighted by Crippen LogP contribution is -2.10. The van der Waals surface area contributed by atoms with E-state index in [0.29, 0.717) is 0 Å². The number of benzene rings is 1. The quantitative estimate of drug-likeness (QED) is 0.683. The van der Waals surface area contributed by atoms with Gasteiger partial charge in [0, 0.05) is 11.8 Å². The number of alkyl halides is 3. The molecule has 0 saturated carbocycles. The average Bonchev–Trinajstić information content (AvgIpc) is 2.30. The molecule has 6 heteroatoms. The Morgan fingerprint density at radius 1 is 1.16 bits per heavy atom. The van der Waals surface area contributed by atoms with Gasteiger partial charge in [-0.3, -0.25) is 4.98 Å². The summed E-state index contributed by atoms with van der Waals surface area (Å²) in [5.41, 5.74) is -1.24. The van der Waals surface area contributed by atoms with E-state index in [2.05, 4.69) is 4.98 Å². The van der Waals surface area contributed by atoms with Crippen molar-refractivity contribution in [2.75, 3.05) is 0 Å². The number of pyridine rings is 1. The summed E-state index contributed by atoms with van der Waals surface area (Å²) in [6.45, 7) is 1.40. The Bertz CT molecular complexity index is 623. The van der Waals surface area contributed by atoms with Crippen LogP contribution in [0.4, 0.5) is 17.6 Å². The van der Waals surface area contributed by atoms with E-state index in [1.165, 1.54) is 25.1 Å². The lowest BCUT2D eigenvalue weighted by molar-refractivity contribution is -0.137. The van der Waals surface area contributed by atoms with Crippen LogP contribution in [0.3, 0.4) is 0 Å². The van der Waals surface area contributed by atoms with Gasteiger partial charge in [0.2, 0.25) is 0 Å². The summed E-state index contributed by atoms with van der Waals surface area (Å²) in [4.78, 5) is 3.71. The number of rotatable bonds is 1. The van der Waals surface area contributed by atoms with Gasteiger partial charge >= 0.3 is 6.18 Å². The molecule has 2 aromatic rings. The Hall–Kier alpha value is -1.62. The Labute approximate surface area is 111 Å². The first-order valence-electron chi connectivity index (χ1n) is 5.29. The van der Waals surface area contributed by atoms with Crippen LogP contribution < -0.4 is 0 Å². The third-order valence-electron chi connectivity index (χ3n) is 2.71. The molecule has 0 aliphatic carbocycles. The third-order valence-corrected chi connectivity index (χ3v) is 3.02. The van der Waals surface area contributed by atoms with Gasteiger partial charge in [0.05, 0.1) is 10.7 Å². The van der Waals surface area contributed by atoms with Gasteiger partial charge in [0.25, 0.3) is 0 Å². The molecule has 1 heterocycles. The van der Waals surface area contributed by atoms with Crippen LogP contribution in [0.25, 0.3) is 11.3 Å². The van der Waals surface area contributed by atoms with Crippen LogP contribution in [0.1, 0.15) is 11.1 Å². The van der Waals surface area contributed by atoms with Crippen molar-refractivity contribution in [2.24, 2.45) is 0 Å². The van der Waals surface area contributed by atoms with E-state index in [-0.39, 0.29) is 16.8 Å². The van der Waals surface area contributed by atoms with E-state index in [9.17, 15) is 17.6 Å². The Balaban J connectivity index is 2.77. The van der Waals surface area contributed by atoms with Crippen molar-refractivity contribution in [1.29, 1.82) is 0 Å². The summed E-state index contributed by atoms with van der Waals surface area (Å²) in [5, 5.41) is -0.457. The van der Waals surface area contributed by atoms with Crippen molar-refractivity contribution >= 4 is 11.6 Å². The van der Waals surface area contributed by atoms with Gasteiger partial charge in [-0.2, -0.15) is 13.2 Å². The maximum atomic E-state index is 13.5. The van der Waals surface area contributed by atoms with Gasteiger partial charge in [-0.15, -0.1) is 0 Å². The minimum Gasteiger partial charge on any atom is -0.256 e. The van der Waals surface area contributed by atoms with Gasteiger partial charge < -0.3 is 0 Å². The van der Waals surface area contributed by atoms with E-state index in [1.54, 1.807) is 0 Å². The molecule has 0 N–H and O–H groups in total. The normalized spacial score (nSPS) is 11.7. The number of hydrogen-bond acceptors (Lipinski definition) is 1. The summed E-state index contributed by atoms with van der Waals surface area (Å²) in [5.74, 6) is -0.590. The molecule has 0 saturated heterocycles. The van der Waals surface area contributed by atoms with E-state index in [4.69, 9.17) is 11.6 Å². The molecule has 0 amide bonds. The number of hydrogen-bond donors (Lipinski definition) is 0. The van der Waals surface area contributed by atoms with Crippen LogP contribution >= 0.6 is 11.6 Å². The molecule has 0 fully saturated rings. The second-order valence-electron chi connectivity index (χ2n) is 3.93. The Morgan fingerprint density at radius 2 is 1.84 bits per heavy atom. The van der Waals surface area contributed by atoms with Crippen molar-refractivity contribution < 1.29 is 17.6 Å². The zero-order valence-corrected chi connectivity index (χ0v) is 10.5. The monoisotopic (exact) mass is 289 g/mol. The zero-order chi connectivity index (χ0) is 14.2. The first-order chi connectivity index (χ1) is 8.82. The van der Waals surface area contributed by atoms with Crippen molar-refractivity contribution in [3.63, 3.8) is 0 Å². The van der Waals surface area contributed by atoms with Crippen LogP contribution in [0, 0.1) is 12.7 Å². The SMILES string of the molecule is Cc1c(F)cccc1-c1nccc(Cl)c1C(F)(F)F. The zero-order valence-electron chi connectivity index (χ0n) is 9.72. The molecule has 1 aromatic heterocycles. The molecule has 0 radical (unpaired) electrons. The highest BCUT2D eigenvalue weighted by molar-refractivity contribution is 6.31. The number of halogens is 5. The number of nitrogens with zero attached hydrogens (tertiary/aromatic N) is 1. The standard InChI is InChI=1S/C13H8ClF4N/c1-7-8(3-2-4-10(7)15)12-11(13(16,17)18)9(14)5-6-19-12/h2-6H,1H3. The largest absolute Gasteiger partial charge is 0.419 e. The fourth-order valence-electron chi connectivity index (χ4n) is 1.78. The van der Waals surface area contributed by atoms with Crippen LogP contribution in [0.15, 0.2) is 30.5 Å². The fraction of sp³-hybridized carbons (Fsp3) is 0.154. The Morgan fingerprint density at radius 3 is 2.47 bits per heavy atom. The molecule has 19 heavy (non-hydrogen) atoms. The molecular weight excluding hydrogens is 282 g/mol. The Kier molecular flexibility index (Phi) is 3.49. The highest BCUT2D eigenvalue weighted by Gasteiger charge is 2.37. The molecule has 100 valence electrons. The molecule has 0 aliphatic heterocycles. The van der Waals surface area contributed by atoms with Crippen molar-refractivity contribution in [2.45, 2.75) is 13.1 Å². The van der Waals surface area contributed by atoms with E-state index in [1.807, 2.05) is 0 Å². The molecule has 0 aliphatic rings. The molecule has 1 aromatic carbocycles. The fourth-order valence-corrected chi connectivity index (χ4v) is 2.03. The topological polar surface area (TPSA) is 12.9 Å². The van der Waals surface area contributed by atoms with Gasteiger partial charge in [0.1, 0.15) is 11.4 Å². The van der Waals surface area contributed by atoms with Gasteiger partial charge in [-0.25, -0.2) is 4.39 Å². The van der Waals surface area contributed by atoms with Crippen molar-refractivity contribution in [3.8, 4) is 11.3 Å². The van der Waals surface area contributed by atoms with Crippen molar-refractivity contribution in [1.82, 2.24) is 4.98 Å². The summed E-state index contributed by atoms with van der Waals surface area (Å²) in [6, 6.07) is 4.95. The summed E-state index contributed by atoms with van der Waals surface area (Å²) in [7, 11) is 0. The van der Waals surface area contributed by atoms with Crippen molar-refractivity contribution in [3.05, 3.63) is 52.4 Å². The molecule has 1 nitrogen and oxygen atoms in total. The predicted octanol–water partition coefficient (Wildman–Crippen LogP) is 4.87. The first kappa shape index (κ1) is 13.8. The van der Waals surface area contributed by atoms with Gasteiger partial charge in [-0.05, 0) is 24.6 Å². The lowest BCUT2D eigenvalue weighted by Gasteiger charge is -2.15. The second kappa shape index (κ2) is 4.81. The maximum Gasteiger partial charge on any atom is 0.419 e. The molecular formula is C13H8ClF4N. The second-order valence-corrected chi connectivity index (χ2v) is 4.33. The summed E-state index contributed by atoms with van der Waals surface area (Å²) >= 11 is 5.60. The van der Waals surface area contributed by atoms with E-state index in [0.717, 1.165) is 12.3 Å². The van der Waals surface area contributed by atoms with Crippen LogP contribution in [0.2, 0.25) is 5.02 Å². The molecule has 0 bridgehead atoms. The van der Waals surface area contributed by atoms with Crippen LogP contribution in [-0.4, -0.2) is 4.98 Å². The summed E-state index contributed by atoms with van der Waals surface area (Å²) < 4.78 is 52.5. The highest BCUT2D eigenvalue weighted by Crippen LogP contribution is 2.41. The van der Waals surface area contributed by atoms with Gasteiger partial charge in [0.15, 0.2) is 0 Å². The minimum absolute atomic E-state index is 0.0785. The van der Waals surface area contributed by atoms with E-state index >= 15 is 0 Å². The highest BCUT2D eigenvalue weighted by atomic mass is 35.5. The number of aromatic nitrogens is 1. The molecule has 0 spiro atoms. The molecule has 0 unspecified atom stereocenters. The summed E-state index contributed by atoms with van der Waals surface area (Å²) in [6.07, 6.45) is -3.49. The van der Waals surface area contributed by atoms with E-state index < -0.39 is 22.6 Å². The molecule has 0 atom stereocenters. The predicted molar refractivity (Wildman–Crippen MR) is 64.4 cm³/mol. The minimum atomic E-state index is -4.65. The third kappa shape index (κ3) is 2.56. The first-order valence-corrected chi connectivity index (χ1v) is 5.67.